The number of ether oxygens (including phenoxy) is 3. The fourth-order valence-electron chi connectivity index (χ4n) is 7.81. The van der Waals surface area contributed by atoms with Crippen molar-refractivity contribution in [2.24, 2.45) is 22.7 Å². The van der Waals surface area contributed by atoms with Crippen LogP contribution in [-0.4, -0.2) is 30.8 Å². The van der Waals surface area contributed by atoms with E-state index in [4.69, 9.17) is 18.6 Å². The van der Waals surface area contributed by atoms with Crippen molar-refractivity contribution in [3.05, 3.63) is 122 Å². The maximum atomic E-state index is 13.5. The van der Waals surface area contributed by atoms with E-state index in [1.807, 2.05) is 36.4 Å². The molecule has 2 fully saturated rings. The van der Waals surface area contributed by atoms with E-state index in [0.29, 0.717) is 48.3 Å². The Morgan fingerprint density at radius 2 is 1.47 bits per heavy atom. The molecule has 2 saturated carbocycles. The van der Waals surface area contributed by atoms with Gasteiger partial charge in [0, 0.05) is 50.1 Å². The first-order valence-corrected chi connectivity index (χ1v) is 17.2. The molecule has 0 spiro atoms. The van der Waals surface area contributed by atoms with Gasteiger partial charge in [-0.3, -0.25) is 0 Å². The molecule has 6 rings (SSSR count). The lowest BCUT2D eigenvalue weighted by atomic mass is 9.46. The standard InChI is InChI=1S/C38H36Br2O7/c1-22-19-31(46-35(42)24-5-11-26(39)12-6-24)34-37(2,3)32(47-36(43)25-7-13-27(40)14-8-25)17-18-38(34,4)29(22)21-44-28-15-9-23-10-16-33(41)45-30(23)20-28/h5-16,20,29,31-32,34H,1,17-19,21H2,2-4H3/t29-,31+,32+,34+,38-/m0/s1. The van der Waals surface area contributed by atoms with Gasteiger partial charge in [0.05, 0.1) is 17.7 Å². The highest BCUT2D eigenvalue weighted by molar-refractivity contribution is 9.10. The number of hydrogen-bond donors (Lipinski definition) is 0. The Labute approximate surface area is 290 Å². The molecule has 9 heteroatoms. The Morgan fingerprint density at radius 1 is 0.872 bits per heavy atom. The first kappa shape index (κ1) is 33.2. The molecular weight excluding hydrogens is 728 g/mol. The molecule has 2 aliphatic carbocycles. The predicted molar refractivity (Wildman–Crippen MR) is 187 cm³/mol. The second-order valence-electron chi connectivity index (χ2n) is 13.4. The van der Waals surface area contributed by atoms with Gasteiger partial charge >= 0.3 is 17.6 Å². The zero-order valence-electron chi connectivity index (χ0n) is 26.5. The van der Waals surface area contributed by atoms with E-state index in [-0.39, 0.29) is 17.8 Å². The summed E-state index contributed by atoms with van der Waals surface area (Å²) in [5.74, 6) is -0.490. The molecule has 1 aromatic heterocycles. The van der Waals surface area contributed by atoms with Crippen LogP contribution in [0.2, 0.25) is 0 Å². The fraction of sp³-hybridized carbons (Fsp3) is 0.342. The molecule has 3 aromatic carbocycles. The van der Waals surface area contributed by atoms with Gasteiger partial charge in [-0.1, -0.05) is 64.8 Å². The molecule has 47 heavy (non-hydrogen) atoms. The quantitative estimate of drug-likeness (QED) is 0.105. The Balaban J connectivity index is 1.30. The molecular formula is C38H36Br2O7. The third kappa shape index (κ3) is 6.70. The monoisotopic (exact) mass is 762 g/mol. The summed E-state index contributed by atoms with van der Waals surface area (Å²) in [6.07, 6.45) is 0.854. The summed E-state index contributed by atoms with van der Waals surface area (Å²) < 4.78 is 26.1. The average molecular weight is 765 g/mol. The lowest BCUT2D eigenvalue weighted by Gasteiger charge is -2.61. The zero-order valence-corrected chi connectivity index (χ0v) is 29.6. The van der Waals surface area contributed by atoms with Gasteiger partial charge in [0.2, 0.25) is 0 Å². The molecule has 0 unspecified atom stereocenters. The summed E-state index contributed by atoms with van der Waals surface area (Å²) in [5, 5.41) is 0.805. The summed E-state index contributed by atoms with van der Waals surface area (Å²) in [4.78, 5) is 38.6. The first-order chi connectivity index (χ1) is 22.3. The van der Waals surface area contributed by atoms with Gasteiger partial charge in [-0.05, 0) is 85.0 Å². The van der Waals surface area contributed by atoms with E-state index in [1.54, 1.807) is 36.4 Å². The largest absolute Gasteiger partial charge is 0.493 e. The predicted octanol–water partition coefficient (Wildman–Crippen LogP) is 9.17. The van der Waals surface area contributed by atoms with Crippen LogP contribution in [-0.2, 0) is 9.47 Å². The van der Waals surface area contributed by atoms with Crippen LogP contribution in [0.1, 0.15) is 60.7 Å². The molecule has 0 N–H and O–H groups in total. The van der Waals surface area contributed by atoms with Crippen LogP contribution >= 0.6 is 31.9 Å². The SMILES string of the molecule is C=C1C[C@@H](OC(=O)c2ccc(Br)cc2)[C@@H]2C(C)(C)[C@H](OC(=O)c3ccc(Br)cc3)CC[C@@]2(C)[C@H]1COc1ccc2ccc(=O)oc2c1. The van der Waals surface area contributed by atoms with Crippen molar-refractivity contribution < 1.29 is 28.2 Å². The Kier molecular flexibility index (Phi) is 9.24. The van der Waals surface area contributed by atoms with Crippen molar-refractivity contribution in [3.8, 4) is 5.75 Å². The highest BCUT2D eigenvalue weighted by Crippen LogP contribution is 2.62. The van der Waals surface area contributed by atoms with E-state index < -0.39 is 34.6 Å². The van der Waals surface area contributed by atoms with E-state index >= 15 is 0 Å². The van der Waals surface area contributed by atoms with Crippen LogP contribution in [0.15, 0.2) is 109 Å². The number of fused-ring (bicyclic) bond motifs is 2. The van der Waals surface area contributed by atoms with Crippen molar-refractivity contribution in [2.75, 3.05) is 6.61 Å². The van der Waals surface area contributed by atoms with E-state index in [9.17, 15) is 14.4 Å². The van der Waals surface area contributed by atoms with E-state index in [2.05, 4.69) is 59.2 Å². The van der Waals surface area contributed by atoms with Gasteiger partial charge in [0.1, 0.15) is 23.5 Å². The minimum atomic E-state index is -0.575. The van der Waals surface area contributed by atoms with Crippen molar-refractivity contribution in [1.29, 1.82) is 0 Å². The molecule has 0 saturated heterocycles. The Bertz CT molecular complexity index is 1880. The molecule has 244 valence electrons. The molecule has 2 aliphatic rings. The second kappa shape index (κ2) is 13.1. The summed E-state index contributed by atoms with van der Waals surface area (Å²) in [5.41, 5.74) is 0.919. The summed E-state index contributed by atoms with van der Waals surface area (Å²) in [7, 11) is 0. The van der Waals surface area contributed by atoms with Gasteiger partial charge in [-0.15, -0.1) is 0 Å². The van der Waals surface area contributed by atoms with Gasteiger partial charge in [-0.2, -0.15) is 0 Å². The highest BCUT2D eigenvalue weighted by atomic mass is 79.9. The van der Waals surface area contributed by atoms with Gasteiger partial charge in [-0.25, -0.2) is 14.4 Å². The molecule has 0 bridgehead atoms. The van der Waals surface area contributed by atoms with Crippen LogP contribution in [0, 0.1) is 22.7 Å². The van der Waals surface area contributed by atoms with Crippen LogP contribution in [0.5, 0.6) is 5.75 Å². The lowest BCUT2D eigenvalue weighted by molar-refractivity contribution is -0.173. The van der Waals surface area contributed by atoms with Crippen molar-refractivity contribution >= 4 is 54.8 Å². The number of benzene rings is 3. The van der Waals surface area contributed by atoms with Crippen molar-refractivity contribution in [3.63, 3.8) is 0 Å². The number of rotatable bonds is 7. The number of esters is 2. The molecule has 1 heterocycles. The fourth-order valence-corrected chi connectivity index (χ4v) is 8.34. The number of carbonyl (C=O) groups is 2. The van der Waals surface area contributed by atoms with Gasteiger partial charge < -0.3 is 18.6 Å². The maximum Gasteiger partial charge on any atom is 0.338 e. The van der Waals surface area contributed by atoms with Crippen LogP contribution in [0.3, 0.4) is 0 Å². The van der Waals surface area contributed by atoms with Gasteiger partial charge in [0.15, 0.2) is 0 Å². The van der Waals surface area contributed by atoms with E-state index in [1.165, 1.54) is 6.07 Å². The summed E-state index contributed by atoms with van der Waals surface area (Å²) >= 11 is 6.85. The molecule has 0 radical (unpaired) electrons. The van der Waals surface area contributed by atoms with Crippen LogP contribution in [0.4, 0.5) is 0 Å². The van der Waals surface area contributed by atoms with Crippen LogP contribution < -0.4 is 10.4 Å². The lowest BCUT2D eigenvalue weighted by Crippen LogP contribution is -2.61. The first-order valence-electron chi connectivity index (χ1n) is 15.6. The van der Waals surface area contributed by atoms with Gasteiger partial charge in [0.25, 0.3) is 0 Å². The molecule has 7 nitrogen and oxygen atoms in total. The zero-order chi connectivity index (χ0) is 33.5. The number of carbonyl (C=O) groups excluding carboxylic acids is 2. The third-order valence-corrected chi connectivity index (χ3v) is 11.1. The molecule has 4 aromatic rings. The Morgan fingerprint density at radius 3 is 2.11 bits per heavy atom. The minimum absolute atomic E-state index is 0.0870. The number of hydrogen-bond acceptors (Lipinski definition) is 7. The van der Waals surface area contributed by atoms with E-state index in [0.717, 1.165) is 19.9 Å². The molecule has 0 aliphatic heterocycles. The van der Waals surface area contributed by atoms with Crippen LogP contribution in [0.25, 0.3) is 11.0 Å². The minimum Gasteiger partial charge on any atom is -0.493 e. The smallest absolute Gasteiger partial charge is 0.338 e. The third-order valence-electron chi connectivity index (χ3n) is 10.1. The number of halogens is 2. The average Bonchev–Trinajstić information content (AvgIpc) is 3.02. The summed E-state index contributed by atoms with van der Waals surface area (Å²) in [6, 6.07) is 22.8. The molecule has 0 amide bonds. The summed E-state index contributed by atoms with van der Waals surface area (Å²) in [6.45, 7) is 11.2. The van der Waals surface area contributed by atoms with Crippen molar-refractivity contribution in [2.45, 2.75) is 52.2 Å². The second-order valence-corrected chi connectivity index (χ2v) is 15.2. The normalized spacial score (nSPS) is 25.1. The Hall–Kier alpha value is -3.69. The maximum absolute atomic E-state index is 13.5. The topological polar surface area (TPSA) is 92.0 Å². The van der Waals surface area contributed by atoms with Crippen molar-refractivity contribution in [1.82, 2.24) is 0 Å². The molecule has 5 atom stereocenters. The highest BCUT2D eigenvalue weighted by Gasteiger charge is 2.62.